The van der Waals surface area contributed by atoms with Crippen LogP contribution in [0.2, 0.25) is 0 Å². The maximum Gasteiger partial charge on any atom is 0.337 e. The molecule has 1 aliphatic rings. The largest absolute Gasteiger partial charge is 0.465 e. The van der Waals surface area contributed by atoms with E-state index >= 15 is 0 Å². The van der Waals surface area contributed by atoms with Gasteiger partial charge >= 0.3 is 11.9 Å². The molecule has 7 nitrogen and oxygen atoms in total. The third kappa shape index (κ3) is 4.73. The summed E-state index contributed by atoms with van der Waals surface area (Å²) < 4.78 is 9.95. The van der Waals surface area contributed by atoms with E-state index in [1.54, 1.807) is 23.1 Å². The maximum atomic E-state index is 12.9. The standard InChI is InChI=1S/C17H22N2O5S/c1-11(20)24-14-10-25-15-9-12(17(22)23-4)5-6-13(15)19(16(14)21)8-7-18(2)3/h5-6,9,14H,7-8,10H2,1-4H3/t14-/m1/s1. The van der Waals surface area contributed by atoms with E-state index in [-0.39, 0.29) is 5.91 Å². The molecule has 1 heterocycles. The number of nitrogens with zero attached hydrogens (tertiary/aromatic N) is 2. The number of hydrogen-bond donors (Lipinski definition) is 0. The van der Waals surface area contributed by atoms with Crippen molar-refractivity contribution < 1.29 is 23.9 Å². The second-order valence-electron chi connectivity index (χ2n) is 5.88. The summed E-state index contributed by atoms with van der Waals surface area (Å²) in [5.74, 6) is -0.883. The highest BCUT2D eigenvalue weighted by atomic mass is 32.2. The van der Waals surface area contributed by atoms with Crippen LogP contribution < -0.4 is 4.90 Å². The Morgan fingerprint density at radius 3 is 2.68 bits per heavy atom. The highest BCUT2D eigenvalue weighted by molar-refractivity contribution is 7.99. The summed E-state index contributed by atoms with van der Waals surface area (Å²) >= 11 is 1.38. The first kappa shape index (κ1) is 19.3. The molecule has 1 aromatic rings. The third-order valence-electron chi connectivity index (χ3n) is 3.68. The Bertz CT molecular complexity index is 677. The number of ether oxygens (including phenoxy) is 2. The van der Waals surface area contributed by atoms with E-state index in [2.05, 4.69) is 0 Å². The van der Waals surface area contributed by atoms with Gasteiger partial charge in [0.25, 0.3) is 5.91 Å². The van der Waals surface area contributed by atoms with Gasteiger partial charge in [-0.3, -0.25) is 9.59 Å². The Morgan fingerprint density at radius 1 is 1.36 bits per heavy atom. The molecule has 2 rings (SSSR count). The molecule has 136 valence electrons. The maximum absolute atomic E-state index is 12.9. The molecule has 0 aliphatic carbocycles. The van der Waals surface area contributed by atoms with Crippen molar-refractivity contribution in [2.45, 2.75) is 17.9 Å². The van der Waals surface area contributed by atoms with Crippen LogP contribution in [0.5, 0.6) is 0 Å². The van der Waals surface area contributed by atoms with Gasteiger partial charge in [0.1, 0.15) is 0 Å². The van der Waals surface area contributed by atoms with Gasteiger partial charge < -0.3 is 19.3 Å². The molecule has 0 bridgehead atoms. The molecule has 0 saturated heterocycles. The fraction of sp³-hybridized carbons (Fsp3) is 0.471. The van der Waals surface area contributed by atoms with E-state index in [1.165, 1.54) is 25.8 Å². The van der Waals surface area contributed by atoms with Crippen molar-refractivity contribution >= 4 is 35.3 Å². The van der Waals surface area contributed by atoms with Crippen LogP contribution in [0.25, 0.3) is 0 Å². The van der Waals surface area contributed by atoms with Gasteiger partial charge in [-0.25, -0.2) is 4.79 Å². The van der Waals surface area contributed by atoms with E-state index < -0.39 is 18.0 Å². The molecule has 8 heteroatoms. The fourth-order valence-electron chi connectivity index (χ4n) is 2.44. The number of methoxy groups -OCH3 is 1. The number of thioether (sulfide) groups is 1. The summed E-state index contributed by atoms with van der Waals surface area (Å²) in [5.41, 5.74) is 1.12. The van der Waals surface area contributed by atoms with Crippen LogP contribution in [0.3, 0.4) is 0 Å². The zero-order valence-electron chi connectivity index (χ0n) is 14.8. The van der Waals surface area contributed by atoms with Crippen LogP contribution in [0.4, 0.5) is 5.69 Å². The van der Waals surface area contributed by atoms with Gasteiger partial charge in [0.05, 0.1) is 18.4 Å². The minimum atomic E-state index is -0.848. The number of esters is 2. The molecule has 0 saturated carbocycles. The van der Waals surface area contributed by atoms with E-state index in [4.69, 9.17) is 9.47 Å². The molecule has 1 aliphatic heterocycles. The third-order valence-corrected chi connectivity index (χ3v) is 4.79. The minimum absolute atomic E-state index is 0.255. The van der Waals surface area contributed by atoms with Gasteiger partial charge in [0.15, 0.2) is 6.10 Å². The first-order valence-corrected chi connectivity index (χ1v) is 8.80. The molecule has 0 N–H and O–H groups in total. The quantitative estimate of drug-likeness (QED) is 0.729. The van der Waals surface area contributed by atoms with Gasteiger partial charge in [-0.15, -0.1) is 11.8 Å². The van der Waals surface area contributed by atoms with Crippen molar-refractivity contribution in [3.63, 3.8) is 0 Å². The molecule has 0 unspecified atom stereocenters. The van der Waals surface area contributed by atoms with Gasteiger partial charge in [-0.1, -0.05) is 0 Å². The molecule has 0 fully saturated rings. The summed E-state index contributed by atoms with van der Waals surface area (Å²) in [6, 6.07) is 5.07. The topological polar surface area (TPSA) is 76.1 Å². The Morgan fingerprint density at radius 2 is 2.08 bits per heavy atom. The summed E-state index contributed by atoms with van der Waals surface area (Å²) in [5, 5.41) is 0. The van der Waals surface area contributed by atoms with Crippen molar-refractivity contribution in [1.29, 1.82) is 0 Å². The Balaban J connectivity index is 2.39. The van der Waals surface area contributed by atoms with Crippen molar-refractivity contribution in [2.24, 2.45) is 0 Å². The zero-order valence-corrected chi connectivity index (χ0v) is 15.6. The molecular formula is C17H22N2O5S. The average molecular weight is 366 g/mol. The van der Waals surface area contributed by atoms with Crippen LogP contribution in [0.1, 0.15) is 17.3 Å². The lowest BCUT2D eigenvalue weighted by atomic mass is 10.1. The molecule has 1 amide bonds. The minimum Gasteiger partial charge on any atom is -0.465 e. The molecule has 1 atom stereocenters. The number of carbonyl (C=O) groups excluding carboxylic acids is 3. The predicted octanol–water partition coefficient (Wildman–Crippen LogP) is 1.41. The van der Waals surface area contributed by atoms with Gasteiger partial charge in [-0.05, 0) is 32.3 Å². The van der Waals surface area contributed by atoms with Gasteiger partial charge in [-0.2, -0.15) is 0 Å². The second-order valence-corrected chi connectivity index (χ2v) is 6.94. The molecule has 1 aromatic carbocycles. The van der Waals surface area contributed by atoms with E-state index in [0.717, 1.165) is 4.90 Å². The summed E-state index contributed by atoms with van der Waals surface area (Å²) in [6.07, 6.45) is -0.848. The average Bonchev–Trinajstić information content (AvgIpc) is 2.69. The number of benzene rings is 1. The van der Waals surface area contributed by atoms with Crippen molar-refractivity contribution in [1.82, 2.24) is 4.90 Å². The van der Waals surface area contributed by atoms with Crippen LogP contribution >= 0.6 is 11.8 Å². The molecular weight excluding hydrogens is 344 g/mol. The number of hydrogen-bond acceptors (Lipinski definition) is 7. The van der Waals surface area contributed by atoms with Crippen LogP contribution in [0, 0.1) is 0 Å². The number of anilines is 1. The van der Waals surface area contributed by atoms with E-state index in [0.29, 0.717) is 30.1 Å². The smallest absolute Gasteiger partial charge is 0.337 e. The summed E-state index contributed by atoms with van der Waals surface area (Å²) in [4.78, 5) is 40.3. The Kier molecular flexibility index (Phi) is 6.44. The summed E-state index contributed by atoms with van der Waals surface area (Å²) in [7, 11) is 5.16. The molecule has 0 radical (unpaired) electrons. The number of carbonyl (C=O) groups is 3. The SMILES string of the molecule is COC(=O)c1ccc2c(c1)SC[C@@H](OC(C)=O)C(=O)N2CCN(C)C. The first-order valence-electron chi connectivity index (χ1n) is 7.82. The number of amides is 1. The van der Waals surface area contributed by atoms with Crippen molar-refractivity contribution in [3.8, 4) is 0 Å². The van der Waals surface area contributed by atoms with Gasteiger partial charge in [0.2, 0.25) is 0 Å². The summed E-state index contributed by atoms with van der Waals surface area (Å²) in [6.45, 7) is 2.39. The van der Waals surface area contributed by atoms with Gasteiger partial charge in [0, 0.05) is 30.7 Å². The molecule has 0 aromatic heterocycles. The lowest BCUT2D eigenvalue weighted by Gasteiger charge is -2.26. The van der Waals surface area contributed by atoms with Crippen LogP contribution in [-0.4, -0.2) is 68.9 Å². The van der Waals surface area contributed by atoms with E-state index in [1.807, 2.05) is 19.0 Å². The van der Waals surface area contributed by atoms with Crippen LogP contribution in [0.15, 0.2) is 23.1 Å². The Labute approximate surface area is 151 Å². The van der Waals surface area contributed by atoms with Crippen molar-refractivity contribution in [3.05, 3.63) is 23.8 Å². The number of rotatable bonds is 5. The highest BCUT2D eigenvalue weighted by Gasteiger charge is 2.33. The lowest BCUT2D eigenvalue weighted by Crippen LogP contribution is -2.44. The number of likely N-dealkylation sites (N-methyl/N-ethyl adjacent to an activating group) is 1. The van der Waals surface area contributed by atoms with Crippen molar-refractivity contribution in [2.75, 3.05) is 44.9 Å². The lowest BCUT2D eigenvalue weighted by molar-refractivity contribution is -0.151. The second kappa shape index (κ2) is 8.35. The highest BCUT2D eigenvalue weighted by Crippen LogP contribution is 2.36. The molecule has 0 spiro atoms. The first-order chi connectivity index (χ1) is 11.8. The van der Waals surface area contributed by atoms with Crippen LogP contribution in [-0.2, 0) is 19.1 Å². The fourth-order valence-corrected chi connectivity index (χ4v) is 3.52. The number of fused-ring (bicyclic) bond motifs is 1. The molecule has 25 heavy (non-hydrogen) atoms. The predicted molar refractivity (Wildman–Crippen MR) is 95.0 cm³/mol. The Hall–Kier alpha value is -2.06. The van der Waals surface area contributed by atoms with E-state index in [9.17, 15) is 14.4 Å². The monoisotopic (exact) mass is 366 g/mol. The zero-order chi connectivity index (χ0) is 18.6. The normalized spacial score (nSPS) is 17.1.